The van der Waals surface area contributed by atoms with Crippen molar-refractivity contribution >= 4 is 11.6 Å². The Balaban J connectivity index is 1.47. The van der Waals surface area contributed by atoms with Gasteiger partial charge in [0.1, 0.15) is 13.2 Å². The SMILES string of the molecule is Clc1cc(CNCCC2CCCCC2)cc2c1OCCO2. The smallest absolute Gasteiger partial charge is 0.179 e. The second-order valence-corrected chi connectivity index (χ2v) is 6.48. The third-order valence-electron chi connectivity index (χ3n) is 4.44. The Morgan fingerprint density at radius 3 is 2.76 bits per heavy atom. The quantitative estimate of drug-likeness (QED) is 0.828. The fourth-order valence-corrected chi connectivity index (χ4v) is 3.57. The molecule has 1 aromatic carbocycles. The van der Waals surface area contributed by atoms with Crippen LogP contribution in [0.5, 0.6) is 11.5 Å². The van der Waals surface area contributed by atoms with Crippen LogP contribution in [0.2, 0.25) is 5.02 Å². The largest absolute Gasteiger partial charge is 0.486 e. The number of hydrogen-bond donors (Lipinski definition) is 1. The van der Waals surface area contributed by atoms with Gasteiger partial charge >= 0.3 is 0 Å². The molecule has 0 unspecified atom stereocenters. The molecule has 1 N–H and O–H groups in total. The van der Waals surface area contributed by atoms with E-state index in [0.717, 1.165) is 30.3 Å². The Kier molecular flexibility index (Phi) is 5.26. The molecule has 3 rings (SSSR count). The molecule has 0 atom stereocenters. The van der Waals surface area contributed by atoms with Crippen LogP contribution in [0, 0.1) is 5.92 Å². The molecule has 0 radical (unpaired) electrons. The third-order valence-corrected chi connectivity index (χ3v) is 4.72. The van der Waals surface area contributed by atoms with Crippen molar-refractivity contribution in [3.63, 3.8) is 0 Å². The number of benzene rings is 1. The van der Waals surface area contributed by atoms with Gasteiger partial charge in [-0.05, 0) is 36.6 Å². The first-order valence-electron chi connectivity index (χ1n) is 8.11. The predicted molar refractivity (Wildman–Crippen MR) is 85.3 cm³/mol. The molecule has 1 aliphatic carbocycles. The fraction of sp³-hybridized carbons (Fsp3) is 0.647. The van der Waals surface area contributed by atoms with Crippen molar-refractivity contribution in [3.8, 4) is 11.5 Å². The van der Waals surface area contributed by atoms with E-state index in [4.69, 9.17) is 21.1 Å². The van der Waals surface area contributed by atoms with Gasteiger partial charge in [0.25, 0.3) is 0 Å². The zero-order valence-electron chi connectivity index (χ0n) is 12.5. The van der Waals surface area contributed by atoms with E-state index in [1.807, 2.05) is 12.1 Å². The van der Waals surface area contributed by atoms with Gasteiger partial charge < -0.3 is 14.8 Å². The van der Waals surface area contributed by atoms with Crippen molar-refractivity contribution in [2.75, 3.05) is 19.8 Å². The van der Waals surface area contributed by atoms with Gasteiger partial charge in [-0.3, -0.25) is 0 Å². The number of rotatable bonds is 5. The van der Waals surface area contributed by atoms with Gasteiger partial charge in [-0.2, -0.15) is 0 Å². The summed E-state index contributed by atoms with van der Waals surface area (Å²) in [5.41, 5.74) is 1.16. The van der Waals surface area contributed by atoms with Crippen LogP contribution in [0.25, 0.3) is 0 Å². The number of ether oxygens (including phenoxy) is 2. The van der Waals surface area contributed by atoms with Gasteiger partial charge in [-0.1, -0.05) is 43.7 Å². The first kappa shape index (κ1) is 15.0. The maximum absolute atomic E-state index is 6.25. The van der Waals surface area contributed by atoms with E-state index in [2.05, 4.69) is 5.32 Å². The Bertz CT molecular complexity index is 472. The van der Waals surface area contributed by atoms with E-state index < -0.39 is 0 Å². The topological polar surface area (TPSA) is 30.5 Å². The molecule has 1 saturated carbocycles. The molecule has 1 aromatic rings. The highest BCUT2D eigenvalue weighted by Gasteiger charge is 2.16. The second-order valence-electron chi connectivity index (χ2n) is 6.07. The molecule has 0 amide bonds. The van der Waals surface area contributed by atoms with Gasteiger partial charge in [0.05, 0.1) is 5.02 Å². The zero-order valence-corrected chi connectivity index (χ0v) is 13.3. The summed E-state index contributed by atoms with van der Waals surface area (Å²) in [6, 6.07) is 4.01. The highest BCUT2D eigenvalue weighted by Crippen LogP contribution is 2.38. The summed E-state index contributed by atoms with van der Waals surface area (Å²) in [6.45, 7) is 3.09. The fourth-order valence-electron chi connectivity index (χ4n) is 3.28. The first-order chi connectivity index (χ1) is 10.3. The molecule has 1 heterocycles. The van der Waals surface area contributed by atoms with Crippen LogP contribution in [-0.4, -0.2) is 19.8 Å². The highest BCUT2D eigenvalue weighted by atomic mass is 35.5. The molecule has 0 bridgehead atoms. The van der Waals surface area contributed by atoms with Crippen LogP contribution in [0.15, 0.2) is 12.1 Å². The summed E-state index contributed by atoms with van der Waals surface area (Å²) in [5.74, 6) is 2.39. The maximum atomic E-state index is 6.25. The standard InChI is InChI=1S/C17H24ClNO2/c18-15-10-14(11-16-17(15)21-9-8-20-16)12-19-7-6-13-4-2-1-3-5-13/h10-11,13,19H,1-9,12H2. The van der Waals surface area contributed by atoms with Crippen LogP contribution < -0.4 is 14.8 Å². The van der Waals surface area contributed by atoms with Gasteiger partial charge in [0, 0.05) is 6.54 Å². The van der Waals surface area contributed by atoms with Crippen LogP contribution in [-0.2, 0) is 6.54 Å². The number of nitrogens with one attached hydrogen (secondary N) is 1. The summed E-state index contributed by atoms with van der Waals surface area (Å²) in [7, 11) is 0. The third kappa shape index (κ3) is 4.04. The molecule has 3 nitrogen and oxygen atoms in total. The molecule has 116 valence electrons. The summed E-state index contributed by atoms with van der Waals surface area (Å²) >= 11 is 6.25. The maximum Gasteiger partial charge on any atom is 0.179 e. The Labute approximate surface area is 132 Å². The zero-order chi connectivity index (χ0) is 14.5. The Morgan fingerprint density at radius 2 is 1.90 bits per heavy atom. The minimum Gasteiger partial charge on any atom is -0.486 e. The van der Waals surface area contributed by atoms with E-state index in [-0.39, 0.29) is 0 Å². The van der Waals surface area contributed by atoms with Crippen molar-refractivity contribution in [1.29, 1.82) is 0 Å². The molecule has 1 fully saturated rings. The minimum absolute atomic E-state index is 0.575. The van der Waals surface area contributed by atoms with E-state index >= 15 is 0 Å². The van der Waals surface area contributed by atoms with Crippen LogP contribution >= 0.6 is 11.6 Å². The van der Waals surface area contributed by atoms with Gasteiger partial charge in [0.2, 0.25) is 0 Å². The van der Waals surface area contributed by atoms with Crippen LogP contribution in [0.3, 0.4) is 0 Å². The molecular weight excluding hydrogens is 286 g/mol. The minimum atomic E-state index is 0.575. The van der Waals surface area contributed by atoms with Gasteiger partial charge in [-0.15, -0.1) is 0 Å². The lowest BCUT2D eigenvalue weighted by atomic mass is 9.87. The lowest BCUT2D eigenvalue weighted by Gasteiger charge is -2.22. The van der Waals surface area contributed by atoms with Crippen molar-refractivity contribution in [2.24, 2.45) is 5.92 Å². The number of halogens is 1. The Hall–Kier alpha value is -0.930. The molecular formula is C17H24ClNO2. The number of hydrogen-bond acceptors (Lipinski definition) is 3. The van der Waals surface area contributed by atoms with Crippen molar-refractivity contribution < 1.29 is 9.47 Å². The molecule has 4 heteroatoms. The van der Waals surface area contributed by atoms with Crippen molar-refractivity contribution in [3.05, 3.63) is 22.7 Å². The molecule has 0 saturated heterocycles. The Morgan fingerprint density at radius 1 is 1.10 bits per heavy atom. The van der Waals surface area contributed by atoms with Gasteiger partial charge in [0.15, 0.2) is 11.5 Å². The lowest BCUT2D eigenvalue weighted by molar-refractivity contribution is 0.171. The van der Waals surface area contributed by atoms with E-state index in [9.17, 15) is 0 Å². The predicted octanol–water partition coefficient (Wildman–Crippen LogP) is 4.17. The average Bonchev–Trinajstić information content (AvgIpc) is 2.53. The summed E-state index contributed by atoms with van der Waals surface area (Å²) in [6.07, 6.45) is 8.39. The summed E-state index contributed by atoms with van der Waals surface area (Å²) < 4.78 is 11.1. The average molecular weight is 310 g/mol. The second kappa shape index (κ2) is 7.37. The van der Waals surface area contributed by atoms with Crippen LogP contribution in [0.4, 0.5) is 0 Å². The molecule has 2 aliphatic rings. The van der Waals surface area contributed by atoms with Crippen molar-refractivity contribution in [1.82, 2.24) is 5.32 Å². The van der Waals surface area contributed by atoms with Crippen molar-refractivity contribution in [2.45, 2.75) is 45.1 Å². The lowest BCUT2D eigenvalue weighted by Crippen LogP contribution is -2.20. The highest BCUT2D eigenvalue weighted by molar-refractivity contribution is 6.32. The number of fused-ring (bicyclic) bond motifs is 1. The van der Waals surface area contributed by atoms with Gasteiger partial charge in [-0.25, -0.2) is 0 Å². The van der Waals surface area contributed by atoms with E-state index in [1.54, 1.807) is 0 Å². The molecule has 21 heavy (non-hydrogen) atoms. The molecule has 0 spiro atoms. The normalized spacial score (nSPS) is 18.7. The first-order valence-corrected chi connectivity index (χ1v) is 8.49. The molecule has 0 aromatic heterocycles. The van der Waals surface area contributed by atoms with E-state index in [0.29, 0.717) is 24.0 Å². The summed E-state index contributed by atoms with van der Waals surface area (Å²) in [4.78, 5) is 0. The van der Waals surface area contributed by atoms with Crippen LogP contribution in [0.1, 0.15) is 44.1 Å². The van der Waals surface area contributed by atoms with E-state index in [1.165, 1.54) is 38.5 Å². The monoisotopic (exact) mass is 309 g/mol. The molecule has 1 aliphatic heterocycles. The summed E-state index contributed by atoms with van der Waals surface area (Å²) in [5, 5.41) is 4.18.